The van der Waals surface area contributed by atoms with Crippen LogP contribution in [0.15, 0.2) is 47.6 Å². The minimum absolute atomic E-state index is 0.0484. The predicted octanol–water partition coefficient (Wildman–Crippen LogP) is 2.68. The van der Waals surface area contributed by atoms with E-state index < -0.39 is 21.8 Å². The Morgan fingerprint density at radius 1 is 1.25 bits per heavy atom. The zero-order valence-electron chi connectivity index (χ0n) is 15.8. The number of benzene rings is 1. The van der Waals surface area contributed by atoms with Crippen LogP contribution < -0.4 is 14.2 Å². The first-order valence-corrected chi connectivity index (χ1v) is 10.1. The van der Waals surface area contributed by atoms with Gasteiger partial charge in [0, 0.05) is 24.4 Å². The highest BCUT2D eigenvalue weighted by Gasteiger charge is 2.28. The Balaban J connectivity index is 1.78. The van der Waals surface area contributed by atoms with E-state index in [0.717, 1.165) is 0 Å². The van der Waals surface area contributed by atoms with Gasteiger partial charge in [-0.1, -0.05) is 6.07 Å². The van der Waals surface area contributed by atoms with Crippen molar-refractivity contribution in [1.82, 2.24) is 10.3 Å². The summed E-state index contributed by atoms with van der Waals surface area (Å²) >= 11 is 0. The van der Waals surface area contributed by atoms with E-state index in [0.29, 0.717) is 17.7 Å². The quantitative estimate of drug-likeness (QED) is 0.779. The number of pyridine rings is 1. The van der Waals surface area contributed by atoms with Crippen LogP contribution in [-0.4, -0.2) is 37.7 Å². The summed E-state index contributed by atoms with van der Waals surface area (Å²) in [4.78, 5) is 15.8. The van der Waals surface area contributed by atoms with E-state index in [4.69, 9.17) is 13.7 Å². The lowest BCUT2D eigenvalue weighted by Gasteiger charge is -2.28. The summed E-state index contributed by atoms with van der Waals surface area (Å²) in [5.41, 5.74) is -0.0638. The molecule has 9 heteroatoms. The van der Waals surface area contributed by atoms with Gasteiger partial charge in [-0.25, -0.2) is 4.79 Å². The van der Waals surface area contributed by atoms with Crippen LogP contribution in [0.2, 0.25) is 0 Å². The normalized spacial score (nSPS) is 16.5. The molecule has 150 valence electrons. The molecule has 1 N–H and O–H groups in total. The maximum atomic E-state index is 12.5. The molecule has 1 amide bonds. The highest BCUT2D eigenvalue weighted by atomic mass is 32.2. The van der Waals surface area contributed by atoms with E-state index in [1.807, 2.05) is 0 Å². The third-order valence-corrected chi connectivity index (χ3v) is 5.04. The Bertz CT molecular complexity index is 954. The number of fused-ring (bicyclic) bond motifs is 1. The highest BCUT2D eigenvalue weighted by molar-refractivity contribution is 7.87. The number of hydrogen-bond donors (Lipinski definition) is 1. The van der Waals surface area contributed by atoms with Crippen LogP contribution in [-0.2, 0) is 21.3 Å². The first kappa shape index (κ1) is 19.9. The molecule has 8 nitrogen and oxygen atoms in total. The molecule has 2 aromatic rings. The molecular formula is C19H22N2O6S. The van der Waals surface area contributed by atoms with E-state index in [1.165, 1.54) is 24.5 Å². The summed E-state index contributed by atoms with van der Waals surface area (Å²) in [6.45, 7) is 5.56. The van der Waals surface area contributed by atoms with Gasteiger partial charge in [-0.3, -0.25) is 4.98 Å². The zero-order chi connectivity index (χ0) is 20.4. The lowest BCUT2D eigenvalue weighted by atomic mass is 10.0. The van der Waals surface area contributed by atoms with E-state index in [-0.39, 0.29) is 23.3 Å². The first-order chi connectivity index (χ1) is 13.1. The third-order valence-electron chi connectivity index (χ3n) is 3.82. The maximum Gasteiger partial charge on any atom is 0.408 e. The molecule has 1 aliphatic heterocycles. The van der Waals surface area contributed by atoms with Gasteiger partial charge in [0.25, 0.3) is 0 Å². The number of rotatable bonds is 4. The van der Waals surface area contributed by atoms with Gasteiger partial charge in [-0.2, -0.15) is 8.42 Å². The zero-order valence-corrected chi connectivity index (χ0v) is 16.7. The molecule has 0 unspecified atom stereocenters. The second-order valence-corrected chi connectivity index (χ2v) is 8.86. The lowest BCUT2D eigenvalue weighted by molar-refractivity contribution is 0.0481. The van der Waals surface area contributed by atoms with Crippen LogP contribution >= 0.6 is 0 Å². The first-order valence-electron chi connectivity index (χ1n) is 8.73. The van der Waals surface area contributed by atoms with Crippen molar-refractivity contribution < 1.29 is 26.9 Å². The molecule has 2 heterocycles. The Morgan fingerprint density at radius 2 is 2.04 bits per heavy atom. The molecule has 0 saturated heterocycles. The van der Waals surface area contributed by atoms with E-state index >= 15 is 0 Å². The fourth-order valence-electron chi connectivity index (χ4n) is 2.68. The number of carbonyl (C=O) groups excluding carboxylic acids is 1. The van der Waals surface area contributed by atoms with Gasteiger partial charge in [0.1, 0.15) is 28.6 Å². The van der Waals surface area contributed by atoms with Crippen LogP contribution in [0.1, 0.15) is 26.3 Å². The minimum Gasteiger partial charge on any atom is -0.491 e. The number of ether oxygens (including phenoxy) is 2. The van der Waals surface area contributed by atoms with Crippen molar-refractivity contribution in [2.24, 2.45) is 0 Å². The molecule has 0 saturated carbocycles. The van der Waals surface area contributed by atoms with Crippen molar-refractivity contribution in [2.45, 2.75) is 43.7 Å². The van der Waals surface area contributed by atoms with Gasteiger partial charge in [-0.05, 0) is 45.0 Å². The summed E-state index contributed by atoms with van der Waals surface area (Å²) in [5.74, 6) is 0.665. The Hall–Kier alpha value is -2.81. The van der Waals surface area contributed by atoms with Gasteiger partial charge in [0.2, 0.25) is 0 Å². The fraction of sp³-hybridized carbons (Fsp3) is 0.368. The molecule has 0 fully saturated rings. The maximum absolute atomic E-state index is 12.5. The number of aromatic nitrogens is 1. The van der Waals surface area contributed by atoms with Crippen molar-refractivity contribution in [1.29, 1.82) is 0 Å². The summed E-state index contributed by atoms with van der Waals surface area (Å²) in [7, 11) is -4.04. The monoisotopic (exact) mass is 406 g/mol. The van der Waals surface area contributed by atoms with Crippen molar-refractivity contribution in [3.63, 3.8) is 0 Å². The van der Waals surface area contributed by atoms with Crippen LogP contribution in [0.4, 0.5) is 4.79 Å². The third kappa shape index (κ3) is 4.92. The standard InChI is InChI=1S/C19H22N2O6S/c1-19(2,3)26-18(22)21-13-10-15-16(25-12-13)7-4-8-17(15)27-28(23,24)14-6-5-9-20-11-14/h4-9,11,13H,10,12H2,1-3H3,(H,21,22)/t13-/m0/s1. The van der Waals surface area contributed by atoms with Crippen LogP contribution in [0, 0.1) is 0 Å². The molecule has 28 heavy (non-hydrogen) atoms. The second-order valence-electron chi connectivity index (χ2n) is 7.32. The summed E-state index contributed by atoms with van der Waals surface area (Å²) in [5, 5.41) is 2.74. The fourth-order valence-corrected chi connectivity index (χ4v) is 3.61. The van der Waals surface area contributed by atoms with Crippen molar-refractivity contribution in [2.75, 3.05) is 6.61 Å². The molecule has 1 aromatic carbocycles. The Morgan fingerprint density at radius 3 is 2.71 bits per heavy atom. The van der Waals surface area contributed by atoms with E-state index in [1.54, 1.807) is 39.0 Å². The van der Waals surface area contributed by atoms with Crippen LogP contribution in [0.3, 0.4) is 0 Å². The molecule has 0 radical (unpaired) electrons. The Kier molecular flexibility index (Phi) is 5.46. The largest absolute Gasteiger partial charge is 0.491 e. The van der Waals surface area contributed by atoms with Gasteiger partial charge in [0.05, 0.1) is 6.04 Å². The van der Waals surface area contributed by atoms with E-state index in [9.17, 15) is 13.2 Å². The number of hydrogen-bond acceptors (Lipinski definition) is 7. The smallest absolute Gasteiger partial charge is 0.408 e. The Labute approximate surface area is 164 Å². The van der Waals surface area contributed by atoms with Gasteiger partial charge in [-0.15, -0.1) is 0 Å². The molecule has 1 atom stereocenters. The number of nitrogens with one attached hydrogen (secondary N) is 1. The molecule has 0 spiro atoms. The van der Waals surface area contributed by atoms with Gasteiger partial charge in [0.15, 0.2) is 0 Å². The number of carbonyl (C=O) groups is 1. The average Bonchev–Trinajstić information content (AvgIpc) is 2.61. The van der Waals surface area contributed by atoms with Crippen molar-refractivity contribution in [3.05, 3.63) is 48.3 Å². The highest BCUT2D eigenvalue weighted by Crippen LogP contribution is 2.34. The second kappa shape index (κ2) is 7.67. The molecule has 0 bridgehead atoms. The van der Waals surface area contributed by atoms with Crippen molar-refractivity contribution in [3.8, 4) is 11.5 Å². The molecule has 1 aliphatic rings. The molecular weight excluding hydrogens is 384 g/mol. The molecule has 3 rings (SSSR count). The SMILES string of the molecule is CC(C)(C)OC(=O)N[C@@H]1COc2cccc(OS(=O)(=O)c3cccnc3)c2C1. The summed E-state index contributed by atoms with van der Waals surface area (Å²) in [6, 6.07) is 7.46. The average molecular weight is 406 g/mol. The lowest BCUT2D eigenvalue weighted by Crippen LogP contribution is -2.45. The number of amides is 1. The molecule has 0 aliphatic carbocycles. The number of nitrogens with zero attached hydrogens (tertiary/aromatic N) is 1. The molecule has 1 aromatic heterocycles. The van der Waals surface area contributed by atoms with Gasteiger partial charge >= 0.3 is 16.2 Å². The summed E-state index contributed by atoms with van der Waals surface area (Å²) < 4.78 is 41.3. The predicted molar refractivity (Wildman–Crippen MR) is 101 cm³/mol. The van der Waals surface area contributed by atoms with Crippen LogP contribution in [0.5, 0.6) is 11.5 Å². The minimum atomic E-state index is -4.04. The van der Waals surface area contributed by atoms with E-state index in [2.05, 4.69) is 10.3 Å². The van der Waals surface area contributed by atoms with Gasteiger partial charge < -0.3 is 19.0 Å². The number of alkyl carbamates (subject to hydrolysis) is 1. The van der Waals surface area contributed by atoms with Crippen LogP contribution in [0.25, 0.3) is 0 Å². The van der Waals surface area contributed by atoms with Crippen molar-refractivity contribution >= 4 is 16.2 Å². The topological polar surface area (TPSA) is 104 Å². The summed E-state index contributed by atoms with van der Waals surface area (Å²) in [6.07, 6.45) is 2.47.